The minimum atomic E-state index is -3.48. The van der Waals surface area contributed by atoms with E-state index in [1.807, 2.05) is 0 Å². The SMILES string of the molecule is CC1(C)CCCN(S(=O)(=O)c2ccc(CN)cn2)C1. The first-order valence-corrected chi connectivity index (χ1v) is 7.94. The number of hydrogen-bond donors (Lipinski definition) is 1. The maximum atomic E-state index is 12.5. The van der Waals surface area contributed by atoms with Crippen molar-refractivity contribution in [1.82, 2.24) is 9.29 Å². The minimum absolute atomic E-state index is 0.0303. The lowest BCUT2D eigenvalue weighted by molar-refractivity contribution is 0.186. The number of nitrogens with two attached hydrogens (primary N) is 1. The van der Waals surface area contributed by atoms with Crippen molar-refractivity contribution in [2.45, 2.75) is 38.3 Å². The van der Waals surface area contributed by atoms with Gasteiger partial charge in [-0.1, -0.05) is 19.9 Å². The van der Waals surface area contributed by atoms with Crippen molar-refractivity contribution in [3.8, 4) is 0 Å². The lowest BCUT2D eigenvalue weighted by atomic mass is 9.85. The van der Waals surface area contributed by atoms with Gasteiger partial charge in [-0.05, 0) is 29.9 Å². The van der Waals surface area contributed by atoms with Gasteiger partial charge in [0.1, 0.15) is 0 Å². The van der Waals surface area contributed by atoms with Crippen LogP contribution in [-0.4, -0.2) is 30.8 Å². The molecule has 0 aromatic carbocycles. The van der Waals surface area contributed by atoms with E-state index >= 15 is 0 Å². The monoisotopic (exact) mass is 283 g/mol. The van der Waals surface area contributed by atoms with E-state index in [0.29, 0.717) is 19.6 Å². The van der Waals surface area contributed by atoms with Gasteiger partial charge in [0.05, 0.1) is 0 Å². The molecular formula is C13H21N3O2S. The molecule has 5 nitrogen and oxygen atoms in total. The molecule has 19 heavy (non-hydrogen) atoms. The molecule has 0 atom stereocenters. The molecule has 2 rings (SSSR count). The molecule has 1 aromatic heterocycles. The van der Waals surface area contributed by atoms with Gasteiger partial charge in [0, 0.05) is 25.8 Å². The molecule has 0 aliphatic carbocycles. The van der Waals surface area contributed by atoms with Crippen LogP contribution in [0.25, 0.3) is 0 Å². The Morgan fingerprint density at radius 1 is 1.42 bits per heavy atom. The van der Waals surface area contributed by atoms with E-state index in [1.54, 1.807) is 16.4 Å². The zero-order chi connectivity index (χ0) is 14.1. The van der Waals surface area contributed by atoms with Crippen molar-refractivity contribution in [1.29, 1.82) is 0 Å². The van der Waals surface area contributed by atoms with Crippen molar-refractivity contribution in [3.63, 3.8) is 0 Å². The van der Waals surface area contributed by atoms with Gasteiger partial charge in [-0.3, -0.25) is 0 Å². The van der Waals surface area contributed by atoms with Crippen molar-refractivity contribution >= 4 is 10.0 Å². The van der Waals surface area contributed by atoms with Gasteiger partial charge in [0.15, 0.2) is 5.03 Å². The van der Waals surface area contributed by atoms with Crippen LogP contribution in [0.1, 0.15) is 32.3 Å². The fourth-order valence-corrected chi connectivity index (χ4v) is 3.97. The van der Waals surface area contributed by atoms with Crippen LogP contribution in [-0.2, 0) is 16.6 Å². The largest absolute Gasteiger partial charge is 0.326 e. The van der Waals surface area contributed by atoms with E-state index < -0.39 is 10.0 Å². The molecule has 6 heteroatoms. The molecule has 106 valence electrons. The molecule has 0 spiro atoms. The Morgan fingerprint density at radius 3 is 2.68 bits per heavy atom. The predicted octanol–water partition coefficient (Wildman–Crippen LogP) is 1.35. The van der Waals surface area contributed by atoms with E-state index in [2.05, 4.69) is 18.8 Å². The second-order valence-corrected chi connectivity index (χ2v) is 7.70. The molecule has 1 saturated heterocycles. The first kappa shape index (κ1) is 14.4. The highest BCUT2D eigenvalue weighted by atomic mass is 32.2. The summed E-state index contributed by atoms with van der Waals surface area (Å²) in [5.41, 5.74) is 6.35. The molecule has 1 aliphatic rings. The zero-order valence-electron chi connectivity index (χ0n) is 11.5. The summed E-state index contributed by atoms with van der Waals surface area (Å²) < 4.78 is 26.6. The van der Waals surface area contributed by atoms with Gasteiger partial charge in [-0.15, -0.1) is 0 Å². The van der Waals surface area contributed by atoms with Crippen LogP contribution >= 0.6 is 0 Å². The van der Waals surface area contributed by atoms with Gasteiger partial charge in [-0.25, -0.2) is 13.4 Å². The molecule has 0 saturated carbocycles. The summed E-state index contributed by atoms with van der Waals surface area (Å²) in [6.07, 6.45) is 3.48. The fourth-order valence-electron chi connectivity index (χ4n) is 2.39. The normalized spacial score (nSPS) is 20.4. The molecule has 1 aliphatic heterocycles. The third kappa shape index (κ3) is 3.13. The van der Waals surface area contributed by atoms with Crippen LogP contribution in [0.4, 0.5) is 0 Å². The van der Waals surface area contributed by atoms with Crippen molar-refractivity contribution in [3.05, 3.63) is 23.9 Å². The average Bonchev–Trinajstić information content (AvgIpc) is 2.37. The second-order valence-electron chi connectivity index (χ2n) is 5.82. The molecule has 0 amide bonds. The average molecular weight is 283 g/mol. The molecular weight excluding hydrogens is 262 g/mol. The van der Waals surface area contributed by atoms with Crippen LogP contribution in [0.15, 0.2) is 23.4 Å². The first-order chi connectivity index (χ1) is 8.85. The summed E-state index contributed by atoms with van der Waals surface area (Å²) in [5.74, 6) is 0. The summed E-state index contributed by atoms with van der Waals surface area (Å²) in [6, 6.07) is 3.26. The van der Waals surface area contributed by atoms with Crippen LogP contribution in [0, 0.1) is 5.41 Å². The molecule has 1 aromatic rings. The maximum Gasteiger partial charge on any atom is 0.260 e. The summed E-state index contributed by atoms with van der Waals surface area (Å²) in [4.78, 5) is 4.03. The van der Waals surface area contributed by atoms with Crippen LogP contribution in [0.3, 0.4) is 0 Å². The maximum absolute atomic E-state index is 12.5. The van der Waals surface area contributed by atoms with Gasteiger partial charge < -0.3 is 5.73 Å². The van der Waals surface area contributed by atoms with E-state index in [-0.39, 0.29) is 10.4 Å². The topological polar surface area (TPSA) is 76.3 Å². The third-order valence-corrected chi connectivity index (χ3v) is 5.26. The molecule has 0 radical (unpaired) electrons. The van der Waals surface area contributed by atoms with Crippen LogP contribution in [0.5, 0.6) is 0 Å². The number of pyridine rings is 1. The Labute approximate surface area is 114 Å². The summed E-state index contributed by atoms with van der Waals surface area (Å²) in [6.45, 7) is 5.69. The quantitative estimate of drug-likeness (QED) is 0.908. The Kier molecular flexibility index (Phi) is 3.94. The van der Waals surface area contributed by atoms with Crippen molar-refractivity contribution in [2.75, 3.05) is 13.1 Å². The Balaban J connectivity index is 2.26. The van der Waals surface area contributed by atoms with Crippen LogP contribution < -0.4 is 5.73 Å². The Hall–Kier alpha value is -0.980. The number of hydrogen-bond acceptors (Lipinski definition) is 4. The van der Waals surface area contributed by atoms with Crippen molar-refractivity contribution in [2.24, 2.45) is 11.1 Å². The van der Waals surface area contributed by atoms with E-state index in [4.69, 9.17) is 5.73 Å². The predicted molar refractivity (Wildman–Crippen MR) is 73.9 cm³/mol. The van der Waals surface area contributed by atoms with E-state index in [0.717, 1.165) is 18.4 Å². The summed E-state index contributed by atoms with van der Waals surface area (Å²) >= 11 is 0. The highest BCUT2D eigenvalue weighted by molar-refractivity contribution is 7.89. The van der Waals surface area contributed by atoms with Gasteiger partial charge in [0.25, 0.3) is 10.0 Å². The first-order valence-electron chi connectivity index (χ1n) is 6.50. The second kappa shape index (κ2) is 5.19. The van der Waals surface area contributed by atoms with E-state index in [9.17, 15) is 8.42 Å². The fraction of sp³-hybridized carbons (Fsp3) is 0.615. The molecule has 2 N–H and O–H groups in total. The lowest BCUT2D eigenvalue weighted by Gasteiger charge is -2.36. The minimum Gasteiger partial charge on any atom is -0.326 e. The highest BCUT2D eigenvalue weighted by Crippen LogP contribution is 2.31. The number of piperidine rings is 1. The standard InChI is InChI=1S/C13H21N3O2S/c1-13(2)6-3-7-16(10-13)19(17,18)12-5-4-11(8-14)9-15-12/h4-5,9H,3,6-8,10,14H2,1-2H3. The highest BCUT2D eigenvalue weighted by Gasteiger charge is 2.34. The lowest BCUT2D eigenvalue weighted by Crippen LogP contribution is -2.43. The zero-order valence-corrected chi connectivity index (χ0v) is 12.3. The Bertz CT molecular complexity index is 538. The number of sulfonamides is 1. The molecule has 2 heterocycles. The van der Waals surface area contributed by atoms with Gasteiger partial charge in [0.2, 0.25) is 0 Å². The molecule has 0 bridgehead atoms. The van der Waals surface area contributed by atoms with Gasteiger partial charge >= 0.3 is 0 Å². The van der Waals surface area contributed by atoms with E-state index in [1.165, 1.54) is 6.20 Å². The summed E-state index contributed by atoms with van der Waals surface area (Å²) in [5, 5.41) is 0.113. The smallest absolute Gasteiger partial charge is 0.260 e. The number of rotatable bonds is 3. The Morgan fingerprint density at radius 2 is 2.16 bits per heavy atom. The van der Waals surface area contributed by atoms with Gasteiger partial charge in [-0.2, -0.15) is 4.31 Å². The number of aromatic nitrogens is 1. The number of nitrogens with zero attached hydrogens (tertiary/aromatic N) is 2. The van der Waals surface area contributed by atoms with Crippen LogP contribution in [0.2, 0.25) is 0 Å². The third-order valence-electron chi connectivity index (χ3n) is 3.50. The van der Waals surface area contributed by atoms with Crippen molar-refractivity contribution < 1.29 is 8.42 Å². The molecule has 1 fully saturated rings. The molecule has 0 unspecified atom stereocenters. The summed E-state index contributed by atoms with van der Waals surface area (Å²) in [7, 11) is -3.48.